The van der Waals surface area contributed by atoms with Gasteiger partial charge in [-0.15, -0.1) is 0 Å². The minimum Gasteiger partial charge on any atom is -0.466 e. The Morgan fingerprint density at radius 1 is 1.22 bits per heavy atom. The summed E-state index contributed by atoms with van der Waals surface area (Å²) in [6.45, 7) is 1.75. The lowest BCUT2D eigenvalue weighted by Gasteiger charge is -2.24. The molecule has 0 radical (unpaired) electrons. The Balaban J connectivity index is 4.39. The normalized spacial score (nSPS) is 18.8. The molecule has 0 spiro atoms. The Kier molecular flexibility index (Phi) is 8.23. The van der Waals surface area contributed by atoms with Crippen molar-refractivity contribution in [2.24, 2.45) is 0 Å². The zero-order valence-electron chi connectivity index (χ0n) is 10.4. The topological polar surface area (TPSA) is 107 Å². The lowest BCUT2D eigenvalue weighted by atomic mass is 10.0. The maximum absolute atomic E-state index is 10.8. The molecule has 0 heterocycles. The summed E-state index contributed by atoms with van der Waals surface area (Å²) in [4.78, 5) is 10.8. The number of esters is 1. The molecule has 0 aromatic carbocycles. The highest BCUT2D eigenvalue weighted by atomic mass is 16.5. The molecule has 18 heavy (non-hydrogen) atoms. The Morgan fingerprint density at radius 3 is 2.33 bits per heavy atom. The number of carbonyl (C=O) groups is 1. The molecule has 6 nitrogen and oxygen atoms in total. The van der Waals surface area contributed by atoms with Crippen molar-refractivity contribution in [3.8, 4) is 0 Å². The van der Waals surface area contributed by atoms with E-state index in [1.807, 2.05) is 0 Å². The van der Waals surface area contributed by atoms with Crippen LogP contribution < -0.4 is 0 Å². The van der Waals surface area contributed by atoms with Crippen LogP contribution in [0.25, 0.3) is 0 Å². The minimum atomic E-state index is -1.59. The van der Waals surface area contributed by atoms with Crippen LogP contribution in [-0.2, 0) is 9.53 Å². The molecule has 0 aliphatic carbocycles. The number of allylic oxidation sites excluding steroid dienone is 1. The first-order valence-electron chi connectivity index (χ1n) is 5.53. The number of hydrogen-bond donors (Lipinski definition) is 4. The summed E-state index contributed by atoms with van der Waals surface area (Å²) in [6.07, 6.45) is -0.391. The molecule has 0 saturated heterocycles. The largest absolute Gasteiger partial charge is 0.466 e. The zero-order chi connectivity index (χ0) is 14.1. The summed E-state index contributed by atoms with van der Waals surface area (Å²) in [7, 11) is 1.17. The summed E-state index contributed by atoms with van der Waals surface area (Å²) in [5.41, 5.74) is 0. The van der Waals surface area contributed by atoms with E-state index in [1.165, 1.54) is 7.11 Å². The van der Waals surface area contributed by atoms with Gasteiger partial charge in [-0.2, -0.15) is 0 Å². The highest BCUT2D eigenvalue weighted by Crippen LogP contribution is 2.09. The molecule has 0 aromatic rings. The summed E-state index contributed by atoms with van der Waals surface area (Å²) in [5, 5.41) is 38.1. The summed E-state index contributed by atoms with van der Waals surface area (Å²) >= 11 is 0. The molecule has 4 atom stereocenters. The fourth-order valence-corrected chi connectivity index (χ4v) is 1.20. The van der Waals surface area contributed by atoms with E-state index in [0.29, 0.717) is 0 Å². The summed E-state index contributed by atoms with van der Waals surface area (Å²) in [5.74, 6) is -0.690. The van der Waals surface area contributed by atoms with E-state index >= 15 is 0 Å². The van der Waals surface area contributed by atoms with Crippen LogP contribution in [0.2, 0.25) is 0 Å². The van der Waals surface area contributed by atoms with Crippen molar-refractivity contribution in [3.63, 3.8) is 0 Å². The maximum Gasteiger partial charge on any atom is 0.330 e. The Labute approximate surface area is 106 Å². The van der Waals surface area contributed by atoms with Crippen LogP contribution >= 0.6 is 0 Å². The fraction of sp³-hybridized carbons (Fsp3) is 0.583. The number of rotatable bonds is 7. The number of methoxy groups -OCH3 is 1. The Bertz CT molecular complexity index is 299. The molecule has 0 bridgehead atoms. The highest BCUT2D eigenvalue weighted by molar-refractivity contribution is 5.81. The molecule has 0 aliphatic heterocycles. The van der Waals surface area contributed by atoms with Gasteiger partial charge in [-0.3, -0.25) is 0 Å². The number of ether oxygens (including phenoxy) is 1. The van der Waals surface area contributed by atoms with Gasteiger partial charge in [-0.1, -0.05) is 12.2 Å². The van der Waals surface area contributed by atoms with Crippen molar-refractivity contribution in [2.45, 2.75) is 37.8 Å². The fourth-order valence-electron chi connectivity index (χ4n) is 1.20. The molecule has 0 aromatic heterocycles. The van der Waals surface area contributed by atoms with Crippen LogP contribution in [0.3, 0.4) is 0 Å². The number of carbonyl (C=O) groups excluding carboxylic acids is 1. The second-order valence-electron chi connectivity index (χ2n) is 3.73. The van der Waals surface area contributed by atoms with Crippen molar-refractivity contribution in [2.75, 3.05) is 7.11 Å². The van der Waals surface area contributed by atoms with Gasteiger partial charge in [0, 0.05) is 6.08 Å². The quantitative estimate of drug-likeness (QED) is 0.269. The van der Waals surface area contributed by atoms with Crippen LogP contribution in [0.5, 0.6) is 0 Å². The summed E-state index contributed by atoms with van der Waals surface area (Å²) in [6, 6.07) is 0. The molecule has 6 heteroatoms. The predicted molar refractivity (Wildman–Crippen MR) is 64.6 cm³/mol. The Hall–Kier alpha value is -1.21. The van der Waals surface area contributed by atoms with Gasteiger partial charge in [0.2, 0.25) is 0 Å². The van der Waals surface area contributed by atoms with Gasteiger partial charge in [0.15, 0.2) is 0 Å². The lowest BCUT2D eigenvalue weighted by Crippen LogP contribution is -2.43. The molecule has 0 aliphatic rings. The number of aliphatic hydroxyl groups is 4. The van der Waals surface area contributed by atoms with Gasteiger partial charge in [0.25, 0.3) is 0 Å². The van der Waals surface area contributed by atoms with Crippen molar-refractivity contribution in [3.05, 3.63) is 24.3 Å². The van der Waals surface area contributed by atoms with E-state index in [9.17, 15) is 25.2 Å². The van der Waals surface area contributed by atoms with E-state index < -0.39 is 30.4 Å². The standard InChI is InChI=1S/C12H20O6/c1-3-4-5-8(13)11(16)12(17)9(14)6-7-10(15)18-2/h3-4,6-9,11-14,16-17H,5H2,1-2H3/b4-3-,7-6-/t8-,9-,11-,12-/m1/s1. The predicted octanol–water partition coefficient (Wildman–Crippen LogP) is -0.875. The third kappa shape index (κ3) is 5.92. The highest BCUT2D eigenvalue weighted by Gasteiger charge is 2.28. The third-order valence-electron chi connectivity index (χ3n) is 2.34. The molecule has 0 fully saturated rings. The zero-order valence-corrected chi connectivity index (χ0v) is 10.4. The van der Waals surface area contributed by atoms with Gasteiger partial charge >= 0.3 is 5.97 Å². The second kappa shape index (κ2) is 8.82. The monoisotopic (exact) mass is 260 g/mol. The average Bonchev–Trinajstić information content (AvgIpc) is 2.39. The molecule has 0 saturated carbocycles. The molecular formula is C12H20O6. The van der Waals surface area contributed by atoms with Gasteiger partial charge in [0.05, 0.1) is 13.2 Å². The van der Waals surface area contributed by atoms with Crippen molar-refractivity contribution >= 4 is 5.97 Å². The maximum atomic E-state index is 10.8. The van der Waals surface area contributed by atoms with Crippen LogP contribution in [0, 0.1) is 0 Å². The summed E-state index contributed by atoms with van der Waals surface area (Å²) < 4.78 is 4.30. The number of aliphatic hydroxyl groups excluding tert-OH is 4. The van der Waals surface area contributed by atoms with E-state index in [2.05, 4.69) is 4.74 Å². The SMILES string of the molecule is C/C=C\C[C@@H](O)[C@@H](O)[C@H](O)[C@H](O)/C=C\C(=O)OC. The first-order valence-corrected chi connectivity index (χ1v) is 5.53. The van der Waals surface area contributed by atoms with Crippen LogP contribution in [-0.4, -0.2) is 57.9 Å². The first-order chi connectivity index (χ1) is 8.43. The van der Waals surface area contributed by atoms with Crippen molar-refractivity contribution < 1.29 is 30.0 Å². The van der Waals surface area contributed by atoms with E-state index in [1.54, 1.807) is 19.1 Å². The van der Waals surface area contributed by atoms with Crippen molar-refractivity contribution in [1.29, 1.82) is 0 Å². The molecule has 0 amide bonds. The minimum absolute atomic E-state index is 0.155. The molecule has 104 valence electrons. The first kappa shape index (κ1) is 16.8. The van der Waals surface area contributed by atoms with E-state index in [-0.39, 0.29) is 6.42 Å². The smallest absolute Gasteiger partial charge is 0.330 e. The molecular weight excluding hydrogens is 240 g/mol. The van der Waals surface area contributed by atoms with Gasteiger partial charge in [-0.25, -0.2) is 4.79 Å². The molecule has 0 unspecified atom stereocenters. The van der Waals surface area contributed by atoms with E-state index in [0.717, 1.165) is 12.2 Å². The van der Waals surface area contributed by atoms with E-state index in [4.69, 9.17) is 0 Å². The lowest BCUT2D eigenvalue weighted by molar-refractivity contribution is -0.135. The average molecular weight is 260 g/mol. The number of hydrogen-bond acceptors (Lipinski definition) is 6. The Morgan fingerprint density at radius 2 is 1.83 bits per heavy atom. The third-order valence-corrected chi connectivity index (χ3v) is 2.34. The van der Waals surface area contributed by atoms with Crippen LogP contribution in [0.4, 0.5) is 0 Å². The van der Waals surface area contributed by atoms with Gasteiger partial charge < -0.3 is 25.2 Å². The van der Waals surface area contributed by atoms with Gasteiger partial charge in [-0.05, 0) is 19.4 Å². The van der Waals surface area contributed by atoms with Crippen molar-refractivity contribution in [1.82, 2.24) is 0 Å². The van der Waals surface area contributed by atoms with Crippen LogP contribution in [0.15, 0.2) is 24.3 Å². The molecule has 4 N–H and O–H groups in total. The molecule has 0 rings (SSSR count). The van der Waals surface area contributed by atoms with Crippen LogP contribution in [0.1, 0.15) is 13.3 Å². The second-order valence-corrected chi connectivity index (χ2v) is 3.73. The van der Waals surface area contributed by atoms with Gasteiger partial charge in [0.1, 0.15) is 18.3 Å².